The van der Waals surface area contributed by atoms with Crippen LogP contribution in [-0.2, 0) is 9.53 Å². The standard InChI is InChI=1S/C21H22BrNO2/c1-2-6-18(16-9-11-19(22)12-10-16)13-21(24)23-15-25-14-20(23)17-7-4-3-5-8-17/h2-5,7-12,18,20H,1,6,13-15H2/t18-,20+/m1/s1. The van der Waals surface area contributed by atoms with Crippen LogP contribution in [0.1, 0.15) is 35.9 Å². The third kappa shape index (κ3) is 4.39. The van der Waals surface area contributed by atoms with E-state index in [1.807, 2.05) is 41.3 Å². The van der Waals surface area contributed by atoms with Crippen molar-refractivity contribution in [2.45, 2.75) is 24.8 Å². The second-order valence-electron chi connectivity index (χ2n) is 6.27. The highest BCUT2D eigenvalue weighted by Crippen LogP contribution is 2.31. The zero-order chi connectivity index (χ0) is 17.6. The molecule has 3 nitrogen and oxygen atoms in total. The number of rotatable bonds is 6. The molecule has 0 N–H and O–H groups in total. The lowest BCUT2D eigenvalue weighted by atomic mass is 9.91. The molecule has 0 saturated carbocycles. The predicted molar refractivity (Wildman–Crippen MR) is 103 cm³/mol. The molecule has 0 bridgehead atoms. The Bertz CT molecular complexity index is 714. The number of nitrogens with zero attached hydrogens (tertiary/aromatic N) is 1. The van der Waals surface area contributed by atoms with Crippen molar-refractivity contribution in [1.82, 2.24) is 4.90 Å². The normalized spacial score (nSPS) is 18.1. The lowest BCUT2D eigenvalue weighted by Crippen LogP contribution is -2.32. The summed E-state index contributed by atoms with van der Waals surface area (Å²) in [5.41, 5.74) is 2.28. The number of carbonyl (C=O) groups is 1. The monoisotopic (exact) mass is 399 g/mol. The SMILES string of the molecule is C=CC[C@H](CC(=O)N1COC[C@H]1c1ccccc1)c1ccc(Br)cc1. The second kappa shape index (κ2) is 8.45. The van der Waals surface area contributed by atoms with Crippen LogP contribution in [0, 0.1) is 0 Å². The van der Waals surface area contributed by atoms with Crippen molar-refractivity contribution in [3.63, 3.8) is 0 Å². The van der Waals surface area contributed by atoms with Gasteiger partial charge in [-0.2, -0.15) is 0 Å². The van der Waals surface area contributed by atoms with Gasteiger partial charge in [-0.25, -0.2) is 0 Å². The summed E-state index contributed by atoms with van der Waals surface area (Å²) in [7, 11) is 0. The molecule has 4 heteroatoms. The molecule has 1 aliphatic heterocycles. The number of carbonyl (C=O) groups excluding carboxylic acids is 1. The minimum absolute atomic E-state index is 0.00278. The third-order valence-corrected chi connectivity index (χ3v) is 5.13. The average Bonchev–Trinajstić information content (AvgIpc) is 3.13. The van der Waals surface area contributed by atoms with E-state index in [9.17, 15) is 4.79 Å². The highest BCUT2D eigenvalue weighted by Gasteiger charge is 2.31. The summed E-state index contributed by atoms with van der Waals surface area (Å²) >= 11 is 3.46. The number of benzene rings is 2. The lowest BCUT2D eigenvalue weighted by molar-refractivity contribution is -0.133. The fourth-order valence-electron chi connectivity index (χ4n) is 3.24. The summed E-state index contributed by atoms with van der Waals surface area (Å²) in [6.45, 7) is 4.77. The van der Waals surface area contributed by atoms with Gasteiger partial charge in [0, 0.05) is 10.9 Å². The van der Waals surface area contributed by atoms with Gasteiger partial charge >= 0.3 is 0 Å². The van der Waals surface area contributed by atoms with E-state index in [-0.39, 0.29) is 17.9 Å². The number of hydrogen-bond acceptors (Lipinski definition) is 2. The van der Waals surface area contributed by atoms with Gasteiger partial charge in [0.15, 0.2) is 0 Å². The first kappa shape index (κ1) is 17.9. The van der Waals surface area contributed by atoms with E-state index < -0.39 is 0 Å². The summed E-state index contributed by atoms with van der Waals surface area (Å²) in [5.74, 6) is 0.260. The summed E-state index contributed by atoms with van der Waals surface area (Å²) in [4.78, 5) is 14.8. The molecule has 2 atom stereocenters. The van der Waals surface area contributed by atoms with E-state index in [1.165, 1.54) is 0 Å². The molecule has 1 fully saturated rings. The molecule has 3 rings (SSSR count). The van der Waals surface area contributed by atoms with Crippen LogP contribution in [-0.4, -0.2) is 24.1 Å². The predicted octanol–water partition coefficient (Wildman–Crippen LogP) is 5.06. The van der Waals surface area contributed by atoms with Crippen molar-refractivity contribution in [2.75, 3.05) is 13.3 Å². The summed E-state index contributed by atoms with van der Waals surface area (Å²) in [5, 5.41) is 0. The Morgan fingerprint density at radius 1 is 1.24 bits per heavy atom. The number of hydrogen-bond donors (Lipinski definition) is 0. The molecule has 0 radical (unpaired) electrons. The van der Waals surface area contributed by atoms with Gasteiger partial charge in [-0.15, -0.1) is 6.58 Å². The average molecular weight is 400 g/mol. The minimum atomic E-state index is 0.00278. The van der Waals surface area contributed by atoms with Crippen LogP contribution in [0.4, 0.5) is 0 Å². The zero-order valence-corrected chi connectivity index (χ0v) is 15.7. The van der Waals surface area contributed by atoms with Crippen LogP contribution in [0.25, 0.3) is 0 Å². The number of halogens is 1. The Morgan fingerprint density at radius 2 is 1.96 bits per heavy atom. The quantitative estimate of drug-likeness (QED) is 0.635. The van der Waals surface area contributed by atoms with Gasteiger partial charge in [-0.3, -0.25) is 4.79 Å². The highest BCUT2D eigenvalue weighted by molar-refractivity contribution is 9.10. The maximum Gasteiger partial charge on any atom is 0.225 e. The van der Waals surface area contributed by atoms with Crippen LogP contribution in [0.15, 0.2) is 71.7 Å². The van der Waals surface area contributed by atoms with E-state index in [0.29, 0.717) is 19.8 Å². The molecule has 1 heterocycles. The van der Waals surface area contributed by atoms with E-state index in [2.05, 4.69) is 46.8 Å². The molecular formula is C21H22BrNO2. The minimum Gasteiger partial charge on any atom is -0.359 e. The lowest BCUT2D eigenvalue weighted by Gasteiger charge is -2.25. The molecule has 0 unspecified atom stereocenters. The molecule has 2 aromatic carbocycles. The van der Waals surface area contributed by atoms with Gasteiger partial charge in [0.05, 0.1) is 12.6 Å². The Labute approximate surface area is 157 Å². The van der Waals surface area contributed by atoms with Gasteiger partial charge in [0.25, 0.3) is 0 Å². The molecule has 1 amide bonds. The molecular weight excluding hydrogens is 378 g/mol. The van der Waals surface area contributed by atoms with Crippen molar-refractivity contribution in [1.29, 1.82) is 0 Å². The Morgan fingerprint density at radius 3 is 2.64 bits per heavy atom. The Hall–Kier alpha value is -1.91. The molecule has 2 aromatic rings. The number of amides is 1. The van der Waals surface area contributed by atoms with Crippen molar-refractivity contribution < 1.29 is 9.53 Å². The van der Waals surface area contributed by atoms with Crippen LogP contribution >= 0.6 is 15.9 Å². The fraction of sp³-hybridized carbons (Fsp3) is 0.286. The van der Waals surface area contributed by atoms with Gasteiger partial charge in [0.1, 0.15) is 6.73 Å². The van der Waals surface area contributed by atoms with Gasteiger partial charge in [-0.1, -0.05) is 64.5 Å². The van der Waals surface area contributed by atoms with Crippen LogP contribution in [0.3, 0.4) is 0 Å². The molecule has 1 aliphatic rings. The molecule has 1 saturated heterocycles. The number of allylic oxidation sites excluding steroid dienone is 1. The van der Waals surface area contributed by atoms with Gasteiger partial charge in [0.2, 0.25) is 5.91 Å². The molecule has 130 valence electrons. The fourth-order valence-corrected chi connectivity index (χ4v) is 3.51. The van der Waals surface area contributed by atoms with Gasteiger partial charge in [-0.05, 0) is 35.6 Å². The van der Waals surface area contributed by atoms with Crippen molar-refractivity contribution in [3.05, 3.63) is 82.9 Å². The second-order valence-corrected chi connectivity index (χ2v) is 7.18. The van der Waals surface area contributed by atoms with Crippen molar-refractivity contribution >= 4 is 21.8 Å². The molecule has 0 aromatic heterocycles. The highest BCUT2D eigenvalue weighted by atomic mass is 79.9. The van der Waals surface area contributed by atoms with E-state index in [0.717, 1.165) is 22.0 Å². The summed E-state index contributed by atoms with van der Waals surface area (Å²) < 4.78 is 6.63. The molecule has 25 heavy (non-hydrogen) atoms. The van der Waals surface area contributed by atoms with Gasteiger partial charge < -0.3 is 9.64 Å². The maximum atomic E-state index is 13.0. The van der Waals surface area contributed by atoms with Crippen LogP contribution in [0.5, 0.6) is 0 Å². The Balaban J connectivity index is 1.74. The zero-order valence-electron chi connectivity index (χ0n) is 14.1. The smallest absolute Gasteiger partial charge is 0.225 e. The summed E-state index contributed by atoms with van der Waals surface area (Å²) in [6, 6.07) is 18.3. The first-order valence-corrected chi connectivity index (χ1v) is 9.27. The van der Waals surface area contributed by atoms with E-state index in [1.54, 1.807) is 0 Å². The largest absolute Gasteiger partial charge is 0.359 e. The molecule has 0 aliphatic carbocycles. The number of ether oxygens (including phenoxy) is 1. The summed E-state index contributed by atoms with van der Waals surface area (Å²) in [6.07, 6.45) is 3.12. The van der Waals surface area contributed by atoms with Crippen LogP contribution in [0.2, 0.25) is 0 Å². The first-order valence-electron chi connectivity index (χ1n) is 8.47. The first-order chi connectivity index (χ1) is 12.2. The van der Waals surface area contributed by atoms with Crippen molar-refractivity contribution in [2.24, 2.45) is 0 Å². The molecule has 0 spiro atoms. The van der Waals surface area contributed by atoms with E-state index in [4.69, 9.17) is 4.74 Å². The topological polar surface area (TPSA) is 29.5 Å². The van der Waals surface area contributed by atoms with Crippen LogP contribution < -0.4 is 0 Å². The Kier molecular flexibility index (Phi) is 6.05. The maximum absolute atomic E-state index is 13.0. The van der Waals surface area contributed by atoms with E-state index >= 15 is 0 Å². The third-order valence-electron chi connectivity index (χ3n) is 4.60. The van der Waals surface area contributed by atoms with Crippen molar-refractivity contribution in [3.8, 4) is 0 Å².